The van der Waals surface area contributed by atoms with Crippen LogP contribution in [0.4, 0.5) is 0 Å². The highest BCUT2D eigenvalue weighted by atomic mass is 16.3. The third kappa shape index (κ3) is 5.58. The molecule has 0 aliphatic carbocycles. The first kappa shape index (κ1) is 35.9. The molecule has 4 N–H and O–H groups in total. The molecule has 8 aromatic carbocycles. The molecule has 0 amide bonds. The first-order valence-electron chi connectivity index (χ1n) is 19.3. The van der Waals surface area contributed by atoms with Gasteiger partial charge in [0.1, 0.15) is 37.2 Å². The van der Waals surface area contributed by atoms with E-state index in [1.54, 1.807) is 0 Å². The van der Waals surface area contributed by atoms with Crippen molar-refractivity contribution in [2.24, 2.45) is 0 Å². The van der Waals surface area contributed by atoms with Crippen LogP contribution in [0.15, 0.2) is 127 Å². The third-order valence-electron chi connectivity index (χ3n) is 11.9. The van der Waals surface area contributed by atoms with Crippen LogP contribution in [0.5, 0.6) is 23.0 Å². The van der Waals surface area contributed by atoms with E-state index in [1.165, 1.54) is 0 Å². The number of aromatic nitrogens is 2. The number of phenolic OH excluding ortho intramolecular Hbond substituents is 4. The minimum Gasteiger partial charge on any atom is -0.504 e. The van der Waals surface area contributed by atoms with Crippen molar-refractivity contribution in [1.29, 1.82) is 0 Å². The van der Waals surface area contributed by atoms with E-state index in [2.05, 4.69) is 97.5 Å². The summed E-state index contributed by atoms with van der Waals surface area (Å²) < 4.78 is 2.21. The summed E-state index contributed by atoms with van der Waals surface area (Å²) in [7, 11) is 8.39. The van der Waals surface area contributed by atoms with Gasteiger partial charge in [0.05, 0.1) is 11.0 Å². The number of aromatic hydroxyl groups is 4. The van der Waals surface area contributed by atoms with Gasteiger partial charge < -0.3 is 20.4 Å². The Morgan fingerprint density at radius 2 is 0.947 bits per heavy atom. The molecule has 0 aliphatic rings. The molecule has 0 fully saturated rings. The summed E-state index contributed by atoms with van der Waals surface area (Å²) in [6.07, 6.45) is 0.776. The average molecular weight is 738 g/mol. The molecule has 0 atom stereocenters. The minimum atomic E-state index is -0.771. The van der Waals surface area contributed by atoms with Crippen LogP contribution in [0.3, 0.4) is 0 Å². The number of benzene rings is 8. The Bertz CT molecular complexity index is 3010. The first-order valence-corrected chi connectivity index (χ1v) is 19.3. The number of fused-ring (bicyclic) bond motifs is 3. The summed E-state index contributed by atoms with van der Waals surface area (Å²) in [5.41, 5.74) is 14.2. The van der Waals surface area contributed by atoms with Crippen LogP contribution in [-0.4, -0.2) is 61.4 Å². The fraction of sp³-hybridized carbons (Fsp3) is 0.0426. The highest BCUT2D eigenvalue weighted by molar-refractivity contribution is 6.68. The van der Waals surface area contributed by atoms with Gasteiger partial charge in [0.15, 0.2) is 11.5 Å². The molecule has 272 valence electrons. The molecule has 0 spiro atoms. The zero-order valence-electron chi connectivity index (χ0n) is 32.5. The molecular weight excluding hydrogens is 700 g/mol. The number of hydrogen-bond donors (Lipinski definition) is 4. The van der Waals surface area contributed by atoms with Crippen molar-refractivity contribution in [1.82, 2.24) is 9.55 Å². The summed E-state index contributed by atoms with van der Waals surface area (Å²) in [4.78, 5) is 4.91. The van der Waals surface area contributed by atoms with Crippen molar-refractivity contribution >= 4 is 85.8 Å². The molecule has 1 aromatic heterocycles. The van der Waals surface area contributed by atoms with Crippen molar-refractivity contribution in [2.45, 2.75) is 13.3 Å². The van der Waals surface area contributed by atoms with Gasteiger partial charge in [-0.3, -0.25) is 4.57 Å². The van der Waals surface area contributed by atoms with Crippen LogP contribution in [0, 0.1) is 0 Å². The average Bonchev–Trinajstić information content (AvgIpc) is 3.64. The molecule has 0 aliphatic heterocycles. The Morgan fingerprint density at radius 1 is 0.456 bits per heavy atom. The molecule has 0 saturated heterocycles. The zero-order valence-corrected chi connectivity index (χ0v) is 32.5. The zero-order chi connectivity index (χ0) is 39.7. The van der Waals surface area contributed by atoms with E-state index in [-0.39, 0.29) is 10.8 Å². The molecular formula is C47H38B4N2O4. The third-order valence-corrected chi connectivity index (χ3v) is 11.9. The number of rotatable bonds is 6. The van der Waals surface area contributed by atoms with E-state index in [0.29, 0.717) is 11.1 Å². The Hall–Kier alpha value is -6.79. The molecule has 57 heavy (non-hydrogen) atoms. The van der Waals surface area contributed by atoms with Gasteiger partial charge in [-0.1, -0.05) is 115 Å². The van der Waals surface area contributed by atoms with Crippen LogP contribution < -0.4 is 21.9 Å². The second-order valence-corrected chi connectivity index (χ2v) is 14.9. The van der Waals surface area contributed by atoms with Gasteiger partial charge in [-0.05, 0) is 74.5 Å². The minimum absolute atomic E-state index is 0.256. The predicted molar refractivity (Wildman–Crippen MR) is 247 cm³/mol. The SMILES string of the molecule is Bc1c(B)c(B)c2c(-c3cccc(-c4cccc(-n5c(CC)nc6ccccc65)c4)c3)c3c(O)c(O)c(O)c(O)c3c(-c3ccc(-c4ccccc4)cc3)c2c1B. The van der Waals surface area contributed by atoms with Crippen molar-refractivity contribution in [3.05, 3.63) is 133 Å². The highest BCUT2D eigenvalue weighted by Crippen LogP contribution is 2.56. The van der Waals surface area contributed by atoms with Gasteiger partial charge >= 0.3 is 0 Å². The van der Waals surface area contributed by atoms with Crippen molar-refractivity contribution in [2.75, 3.05) is 0 Å². The molecule has 1 heterocycles. The lowest BCUT2D eigenvalue weighted by atomic mass is 9.62. The second kappa shape index (κ2) is 13.7. The molecule has 0 saturated carbocycles. The second-order valence-electron chi connectivity index (χ2n) is 14.9. The normalized spacial score (nSPS) is 11.5. The van der Waals surface area contributed by atoms with Crippen LogP contribution in [0.25, 0.3) is 82.8 Å². The molecule has 0 bridgehead atoms. The number of nitrogens with zero attached hydrogens (tertiary/aromatic N) is 2. The van der Waals surface area contributed by atoms with Crippen LogP contribution >= 0.6 is 0 Å². The van der Waals surface area contributed by atoms with E-state index < -0.39 is 23.0 Å². The smallest absolute Gasteiger partial charge is 0.204 e. The Kier molecular flexibility index (Phi) is 8.65. The lowest BCUT2D eigenvalue weighted by Crippen LogP contribution is -2.48. The van der Waals surface area contributed by atoms with Crippen molar-refractivity contribution in [3.8, 4) is 73.2 Å². The number of imidazole rings is 1. The molecule has 6 nitrogen and oxygen atoms in total. The van der Waals surface area contributed by atoms with Gasteiger partial charge in [0.2, 0.25) is 11.5 Å². The lowest BCUT2D eigenvalue weighted by molar-refractivity contribution is 0.351. The number of para-hydroxylation sites is 2. The van der Waals surface area contributed by atoms with E-state index in [1.807, 2.05) is 72.8 Å². The van der Waals surface area contributed by atoms with Crippen LogP contribution in [0.1, 0.15) is 12.7 Å². The van der Waals surface area contributed by atoms with E-state index >= 15 is 0 Å². The fourth-order valence-electron chi connectivity index (χ4n) is 8.69. The van der Waals surface area contributed by atoms with E-state index in [9.17, 15) is 20.4 Å². The summed E-state index contributed by atoms with van der Waals surface area (Å²) in [6, 6.07) is 43.0. The molecule has 0 radical (unpaired) electrons. The van der Waals surface area contributed by atoms with Gasteiger partial charge in [-0.2, -0.15) is 0 Å². The van der Waals surface area contributed by atoms with Crippen LogP contribution in [0.2, 0.25) is 0 Å². The number of aryl methyl sites for hydroxylation is 1. The fourth-order valence-corrected chi connectivity index (χ4v) is 8.69. The first-order chi connectivity index (χ1) is 27.6. The summed E-state index contributed by atoms with van der Waals surface area (Å²) in [5.74, 6) is -1.56. The van der Waals surface area contributed by atoms with E-state index in [4.69, 9.17) is 4.98 Å². The standard InChI is InChI=1S/C47H38B4N2O4/c1-2-33-52-31-16-6-7-17-32(31)53(33)30-15-9-13-28(23-30)27-12-8-14-29(22-27)35-37-36(40(48)42(50)43(51)41(37)49)34(38-39(35)45(55)47(57)46(56)44(38)54)26-20-18-25(19-21-26)24-10-4-3-5-11-24/h3-23,54-57H,2,48-51H2,1H3. The topological polar surface area (TPSA) is 98.7 Å². The number of hydrogen-bond acceptors (Lipinski definition) is 5. The lowest BCUT2D eigenvalue weighted by Gasteiger charge is -2.26. The molecule has 10 heteroatoms. The summed E-state index contributed by atoms with van der Waals surface area (Å²) >= 11 is 0. The Balaban J connectivity index is 1.34. The molecule has 9 aromatic rings. The van der Waals surface area contributed by atoms with Gasteiger partial charge in [-0.25, -0.2) is 4.98 Å². The summed E-state index contributed by atoms with van der Waals surface area (Å²) in [5, 5.41) is 48.5. The monoisotopic (exact) mass is 738 g/mol. The molecule has 9 rings (SSSR count). The maximum atomic E-state index is 11.9. The maximum Gasteiger partial charge on any atom is 0.204 e. The van der Waals surface area contributed by atoms with Crippen molar-refractivity contribution < 1.29 is 20.4 Å². The number of phenols is 4. The quantitative estimate of drug-likeness (QED) is 0.0878. The van der Waals surface area contributed by atoms with Crippen molar-refractivity contribution in [3.63, 3.8) is 0 Å². The van der Waals surface area contributed by atoms with E-state index in [0.717, 1.165) is 95.0 Å². The van der Waals surface area contributed by atoms with Gasteiger partial charge in [0.25, 0.3) is 0 Å². The van der Waals surface area contributed by atoms with Gasteiger partial charge in [0, 0.05) is 34.0 Å². The van der Waals surface area contributed by atoms with Crippen LogP contribution in [-0.2, 0) is 6.42 Å². The maximum absolute atomic E-state index is 11.9. The highest BCUT2D eigenvalue weighted by Gasteiger charge is 2.29. The largest absolute Gasteiger partial charge is 0.504 e. The molecule has 0 unspecified atom stereocenters. The summed E-state index contributed by atoms with van der Waals surface area (Å²) in [6.45, 7) is 2.11. The Morgan fingerprint density at radius 3 is 1.58 bits per heavy atom. The van der Waals surface area contributed by atoms with Gasteiger partial charge in [-0.15, -0.1) is 10.9 Å². The predicted octanol–water partition coefficient (Wildman–Crippen LogP) is 4.42. The Labute approximate surface area is 334 Å².